The Kier molecular flexibility index (Phi) is 4.82. The number of thioether (sulfide) groups is 1. The summed E-state index contributed by atoms with van der Waals surface area (Å²) >= 11 is 2.73. The third-order valence-corrected chi connectivity index (χ3v) is 5.28. The SMILES string of the molecule is CCC1CCN(c2nnc(SCC(=O)O)s2)CC1. The molecule has 0 unspecified atom stereocenters. The standard InChI is InChI=1S/C11H17N3O2S2/c1-2-8-3-5-14(6-4-8)10-12-13-11(18-10)17-7-9(15)16/h8H,2-7H2,1H3,(H,15,16). The highest BCUT2D eigenvalue weighted by molar-refractivity contribution is 8.01. The maximum atomic E-state index is 10.5. The van der Waals surface area contributed by atoms with Crippen LogP contribution in [0.4, 0.5) is 5.13 Å². The molecule has 0 bridgehead atoms. The number of carboxylic acid groups (broad SMARTS) is 1. The highest BCUT2D eigenvalue weighted by Gasteiger charge is 2.20. The molecule has 2 rings (SSSR count). The zero-order chi connectivity index (χ0) is 13.0. The molecule has 1 saturated heterocycles. The van der Waals surface area contributed by atoms with Gasteiger partial charge in [-0.2, -0.15) is 0 Å². The summed E-state index contributed by atoms with van der Waals surface area (Å²) in [5.41, 5.74) is 0. The molecule has 0 spiro atoms. The van der Waals surface area contributed by atoms with Gasteiger partial charge in [0.2, 0.25) is 5.13 Å². The molecule has 0 aromatic carbocycles. The third kappa shape index (κ3) is 3.58. The van der Waals surface area contributed by atoms with E-state index in [4.69, 9.17) is 5.11 Å². The molecule has 1 aromatic rings. The first kappa shape index (κ1) is 13.6. The van der Waals surface area contributed by atoms with Crippen LogP contribution in [-0.4, -0.2) is 40.1 Å². The second-order valence-corrected chi connectivity index (χ2v) is 6.55. The number of hydrogen-bond donors (Lipinski definition) is 1. The van der Waals surface area contributed by atoms with E-state index in [9.17, 15) is 4.79 Å². The topological polar surface area (TPSA) is 66.3 Å². The highest BCUT2D eigenvalue weighted by atomic mass is 32.2. The van der Waals surface area contributed by atoms with E-state index in [0.29, 0.717) is 0 Å². The zero-order valence-corrected chi connectivity index (χ0v) is 12.0. The Balaban J connectivity index is 1.88. The number of hydrogen-bond acceptors (Lipinski definition) is 6. The zero-order valence-electron chi connectivity index (χ0n) is 10.3. The fourth-order valence-electron chi connectivity index (χ4n) is 2.04. The van der Waals surface area contributed by atoms with Crippen molar-refractivity contribution < 1.29 is 9.90 Å². The first-order chi connectivity index (χ1) is 8.69. The first-order valence-corrected chi connectivity index (χ1v) is 7.92. The number of carbonyl (C=O) groups is 1. The number of aromatic nitrogens is 2. The molecular weight excluding hydrogens is 270 g/mol. The molecule has 2 heterocycles. The predicted octanol–water partition coefficient (Wildman–Crippen LogP) is 2.34. The molecule has 1 N–H and O–H groups in total. The quantitative estimate of drug-likeness (QED) is 0.839. The summed E-state index contributed by atoms with van der Waals surface area (Å²) in [4.78, 5) is 12.7. The van der Waals surface area contributed by atoms with E-state index in [1.54, 1.807) is 0 Å². The molecule has 5 nitrogen and oxygen atoms in total. The van der Waals surface area contributed by atoms with Crippen LogP contribution < -0.4 is 4.90 Å². The lowest BCUT2D eigenvalue weighted by Crippen LogP contribution is -2.33. The fourth-order valence-corrected chi connectivity index (χ4v) is 3.66. The van der Waals surface area contributed by atoms with E-state index in [1.807, 2.05) is 0 Å². The van der Waals surface area contributed by atoms with Crippen LogP contribution in [0.5, 0.6) is 0 Å². The van der Waals surface area contributed by atoms with Gasteiger partial charge >= 0.3 is 5.97 Å². The van der Waals surface area contributed by atoms with Crippen LogP contribution in [0.2, 0.25) is 0 Å². The minimum atomic E-state index is -0.819. The molecule has 1 fully saturated rings. The van der Waals surface area contributed by atoms with Crippen LogP contribution in [0.1, 0.15) is 26.2 Å². The van der Waals surface area contributed by atoms with E-state index in [0.717, 1.165) is 28.5 Å². The Morgan fingerprint density at radius 3 is 2.83 bits per heavy atom. The van der Waals surface area contributed by atoms with E-state index < -0.39 is 5.97 Å². The molecule has 0 radical (unpaired) electrons. The van der Waals surface area contributed by atoms with Crippen molar-refractivity contribution in [2.24, 2.45) is 5.92 Å². The Morgan fingerprint density at radius 1 is 1.50 bits per heavy atom. The van der Waals surface area contributed by atoms with Crippen molar-refractivity contribution in [1.82, 2.24) is 10.2 Å². The first-order valence-electron chi connectivity index (χ1n) is 6.12. The lowest BCUT2D eigenvalue weighted by Gasteiger charge is -2.30. The Hall–Kier alpha value is -0.820. The van der Waals surface area contributed by atoms with Crippen molar-refractivity contribution in [3.63, 3.8) is 0 Å². The van der Waals surface area contributed by atoms with Crippen LogP contribution in [0.25, 0.3) is 0 Å². The van der Waals surface area contributed by atoms with E-state index in [-0.39, 0.29) is 5.75 Å². The molecule has 7 heteroatoms. The molecule has 1 aliphatic heterocycles. The second-order valence-electron chi connectivity index (χ2n) is 4.37. The van der Waals surface area contributed by atoms with Gasteiger partial charge in [0.1, 0.15) is 0 Å². The van der Waals surface area contributed by atoms with Gasteiger partial charge in [-0.1, -0.05) is 36.4 Å². The van der Waals surface area contributed by atoms with Gasteiger partial charge in [-0.3, -0.25) is 4.79 Å². The monoisotopic (exact) mass is 287 g/mol. The number of aliphatic carboxylic acids is 1. The van der Waals surface area contributed by atoms with Crippen molar-refractivity contribution in [2.75, 3.05) is 23.7 Å². The average Bonchev–Trinajstić information content (AvgIpc) is 2.85. The van der Waals surface area contributed by atoms with Gasteiger partial charge in [0.15, 0.2) is 4.34 Å². The summed E-state index contributed by atoms with van der Waals surface area (Å²) in [6, 6.07) is 0. The minimum Gasteiger partial charge on any atom is -0.481 e. The largest absolute Gasteiger partial charge is 0.481 e. The van der Waals surface area contributed by atoms with E-state index in [1.165, 1.54) is 42.4 Å². The number of carboxylic acids is 1. The van der Waals surface area contributed by atoms with Crippen molar-refractivity contribution in [2.45, 2.75) is 30.5 Å². The number of anilines is 1. The van der Waals surface area contributed by atoms with Gasteiger partial charge in [-0.15, -0.1) is 10.2 Å². The number of nitrogens with zero attached hydrogens (tertiary/aromatic N) is 3. The maximum absolute atomic E-state index is 10.5. The summed E-state index contributed by atoms with van der Waals surface area (Å²) in [6.45, 7) is 4.32. The van der Waals surface area contributed by atoms with Gasteiger partial charge in [-0.25, -0.2) is 0 Å². The van der Waals surface area contributed by atoms with E-state index in [2.05, 4.69) is 22.0 Å². The van der Waals surface area contributed by atoms with Crippen LogP contribution in [-0.2, 0) is 4.79 Å². The molecule has 100 valence electrons. The molecule has 0 saturated carbocycles. The molecule has 0 aliphatic carbocycles. The van der Waals surface area contributed by atoms with Gasteiger partial charge in [-0.05, 0) is 18.8 Å². The number of rotatable bonds is 5. The van der Waals surface area contributed by atoms with Crippen molar-refractivity contribution in [3.8, 4) is 0 Å². The van der Waals surface area contributed by atoms with Crippen LogP contribution in [0.3, 0.4) is 0 Å². The summed E-state index contributed by atoms with van der Waals surface area (Å²) in [6.07, 6.45) is 3.69. The van der Waals surface area contributed by atoms with Crippen LogP contribution in [0, 0.1) is 5.92 Å². The maximum Gasteiger partial charge on any atom is 0.313 e. The average molecular weight is 287 g/mol. The van der Waals surface area contributed by atoms with Crippen LogP contribution >= 0.6 is 23.1 Å². The molecule has 0 atom stereocenters. The third-order valence-electron chi connectivity index (χ3n) is 3.18. The summed E-state index contributed by atoms with van der Waals surface area (Å²) in [7, 11) is 0. The summed E-state index contributed by atoms with van der Waals surface area (Å²) < 4.78 is 0.741. The number of piperidine rings is 1. The van der Waals surface area contributed by atoms with Crippen molar-refractivity contribution in [1.29, 1.82) is 0 Å². The molecule has 1 aromatic heterocycles. The van der Waals surface area contributed by atoms with E-state index >= 15 is 0 Å². The lowest BCUT2D eigenvalue weighted by atomic mass is 9.95. The normalized spacial score (nSPS) is 17.1. The van der Waals surface area contributed by atoms with Gasteiger partial charge in [0, 0.05) is 13.1 Å². The molecule has 0 amide bonds. The molecule has 18 heavy (non-hydrogen) atoms. The Labute approximate surface area is 115 Å². The smallest absolute Gasteiger partial charge is 0.313 e. The Bertz CT molecular complexity index is 403. The van der Waals surface area contributed by atoms with Gasteiger partial charge in [0.25, 0.3) is 0 Å². The molecular formula is C11H17N3O2S2. The van der Waals surface area contributed by atoms with Crippen molar-refractivity contribution in [3.05, 3.63) is 0 Å². The van der Waals surface area contributed by atoms with Crippen molar-refractivity contribution >= 4 is 34.2 Å². The highest BCUT2D eigenvalue weighted by Crippen LogP contribution is 2.31. The van der Waals surface area contributed by atoms with Crippen LogP contribution in [0.15, 0.2) is 4.34 Å². The minimum absolute atomic E-state index is 0.0482. The van der Waals surface area contributed by atoms with Gasteiger partial charge < -0.3 is 10.0 Å². The Morgan fingerprint density at radius 2 is 2.22 bits per heavy atom. The van der Waals surface area contributed by atoms with Gasteiger partial charge in [0.05, 0.1) is 5.75 Å². The summed E-state index contributed by atoms with van der Waals surface area (Å²) in [5.74, 6) is 0.0718. The fraction of sp³-hybridized carbons (Fsp3) is 0.727. The second kappa shape index (κ2) is 6.38. The summed E-state index contributed by atoms with van der Waals surface area (Å²) in [5, 5.41) is 17.7. The molecule has 1 aliphatic rings. The predicted molar refractivity (Wildman–Crippen MR) is 73.5 cm³/mol. The lowest BCUT2D eigenvalue weighted by molar-refractivity contribution is -0.133.